The van der Waals surface area contributed by atoms with Crippen LogP contribution >= 0.6 is 0 Å². The van der Waals surface area contributed by atoms with Crippen LogP contribution in [0, 0.1) is 0 Å². The van der Waals surface area contributed by atoms with Gasteiger partial charge in [-0.25, -0.2) is 0 Å². The summed E-state index contributed by atoms with van der Waals surface area (Å²) in [7, 11) is 0. The van der Waals surface area contributed by atoms with E-state index in [9.17, 15) is 65.8 Å². The highest BCUT2D eigenvalue weighted by Gasteiger charge is 2.44. The lowest BCUT2D eigenvalue weighted by Gasteiger charge is -2.31. The predicted molar refractivity (Wildman–Crippen MR) is 148 cm³/mol. The molecular formula is C30H22O16. The van der Waals surface area contributed by atoms with Crippen molar-refractivity contribution in [3.63, 3.8) is 0 Å². The molecule has 16 nitrogen and oxygen atoms in total. The topological polar surface area (TPSA) is 284 Å². The lowest BCUT2D eigenvalue weighted by molar-refractivity contribution is 0.0190. The van der Waals surface area contributed by atoms with Crippen molar-refractivity contribution in [2.24, 2.45) is 0 Å². The summed E-state index contributed by atoms with van der Waals surface area (Å²) in [5.74, 6) is -11.5. The smallest absolute Gasteiger partial charge is 0.203 e. The van der Waals surface area contributed by atoms with Crippen molar-refractivity contribution < 1.29 is 80.0 Å². The van der Waals surface area contributed by atoms with Gasteiger partial charge in [-0.1, -0.05) is 6.07 Å². The molecule has 0 spiro atoms. The molecule has 0 aromatic heterocycles. The Morgan fingerprint density at radius 1 is 0.522 bits per heavy atom. The molecule has 6 rings (SSSR count). The van der Waals surface area contributed by atoms with Crippen molar-refractivity contribution in [3.05, 3.63) is 64.7 Å². The van der Waals surface area contributed by atoms with Crippen LogP contribution in [0.4, 0.5) is 0 Å². The predicted octanol–water partition coefficient (Wildman–Crippen LogP) is 2.18. The molecule has 3 unspecified atom stereocenters. The molecule has 2 aliphatic rings. The third-order valence-electron chi connectivity index (χ3n) is 7.47. The zero-order valence-corrected chi connectivity index (χ0v) is 22.8. The number of hydrogen-bond donors (Lipinski definition) is 11. The normalized spacial score (nSPS) is 20.3. The molecule has 46 heavy (non-hydrogen) atoms. The number of benzene rings is 4. The Morgan fingerprint density at radius 2 is 1.02 bits per heavy atom. The lowest BCUT2D eigenvalue weighted by atomic mass is 9.91. The van der Waals surface area contributed by atoms with Crippen LogP contribution in [0.3, 0.4) is 0 Å². The Kier molecular flexibility index (Phi) is 6.75. The van der Waals surface area contributed by atoms with Crippen LogP contribution < -0.4 is 14.2 Å². The summed E-state index contributed by atoms with van der Waals surface area (Å²) in [6.07, 6.45) is -7.34. The molecule has 16 heteroatoms. The molecule has 0 amide bonds. The average molecular weight is 638 g/mol. The molecule has 2 heterocycles. The first-order valence-electron chi connectivity index (χ1n) is 13.1. The largest absolute Gasteiger partial charge is 0.507 e. The molecule has 0 fully saturated rings. The van der Waals surface area contributed by atoms with E-state index in [1.807, 2.05) is 0 Å². The average Bonchev–Trinajstić information content (AvgIpc) is 3.00. The second-order valence-corrected chi connectivity index (χ2v) is 10.3. The van der Waals surface area contributed by atoms with Gasteiger partial charge in [-0.3, -0.25) is 9.59 Å². The number of rotatable bonds is 4. The van der Waals surface area contributed by atoms with Crippen molar-refractivity contribution in [3.8, 4) is 74.7 Å². The van der Waals surface area contributed by atoms with Gasteiger partial charge in [-0.15, -0.1) is 0 Å². The van der Waals surface area contributed by atoms with Crippen molar-refractivity contribution in [1.82, 2.24) is 0 Å². The standard InChI is InChI=1S/C30H22O16/c31-10-4-9(28-26(43)24(41)20-14(35)6-16(37)22(39)30(20)46-28)18(7-11(10)32)44-17-2-1-8(3-12(17)33)27-25(42)23(40)19-13(34)5-15(36)21(38)29(19)45-27/h1-7,25-28,31-39,42-43H/t25?,26?,27?,28-/m1/s1. The van der Waals surface area contributed by atoms with E-state index in [0.717, 1.165) is 24.3 Å². The van der Waals surface area contributed by atoms with Crippen molar-refractivity contribution in [2.75, 3.05) is 0 Å². The zero-order chi connectivity index (χ0) is 33.4. The van der Waals surface area contributed by atoms with Gasteiger partial charge in [0, 0.05) is 23.8 Å². The third kappa shape index (κ3) is 4.47. The van der Waals surface area contributed by atoms with E-state index in [0.29, 0.717) is 12.1 Å². The first-order chi connectivity index (χ1) is 21.7. The number of carbonyl (C=O) groups is 2. The third-order valence-corrected chi connectivity index (χ3v) is 7.47. The Hall–Kier alpha value is -6.26. The minimum absolute atomic E-state index is 0.0457. The highest BCUT2D eigenvalue weighted by molar-refractivity contribution is 6.07. The van der Waals surface area contributed by atoms with Crippen molar-refractivity contribution in [1.29, 1.82) is 0 Å². The molecule has 0 aliphatic carbocycles. The molecule has 4 aromatic rings. The van der Waals surface area contributed by atoms with Crippen LogP contribution in [-0.4, -0.2) is 79.9 Å². The molecule has 0 bridgehead atoms. The number of aromatic hydroxyl groups is 9. The summed E-state index contributed by atoms with van der Waals surface area (Å²) >= 11 is 0. The van der Waals surface area contributed by atoms with E-state index in [1.165, 1.54) is 6.07 Å². The van der Waals surface area contributed by atoms with Gasteiger partial charge < -0.3 is 70.4 Å². The molecular weight excluding hydrogens is 616 g/mol. The maximum atomic E-state index is 13.0. The number of fused-ring (bicyclic) bond motifs is 2. The summed E-state index contributed by atoms with van der Waals surface area (Å²) in [6, 6.07) is 6.39. The van der Waals surface area contributed by atoms with E-state index in [1.54, 1.807) is 0 Å². The fourth-order valence-corrected chi connectivity index (χ4v) is 5.19. The molecule has 4 atom stereocenters. The number of ketones is 2. The summed E-state index contributed by atoms with van der Waals surface area (Å²) < 4.78 is 16.8. The minimum Gasteiger partial charge on any atom is -0.507 e. The molecule has 2 aliphatic heterocycles. The van der Waals surface area contributed by atoms with Gasteiger partial charge in [-0.05, 0) is 23.8 Å². The summed E-state index contributed by atoms with van der Waals surface area (Å²) in [5, 5.41) is 113. The Balaban J connectivity index is 1.36. The lowest BCUT2D eigenvalue weighted by Crippen LogP contribution is -2.36. The first-order valence-corrected chi connectivity index (χ1v) is 13.1. The minimum atomic E-state index is -2.08. The number of aliphatic hydroxyl groups excluding tert-OH is 2. The van der Waals surface area contributed by atoms with E-state index in [-0.39, 0.29) is 16.9 Å². The molecule has 0 radical (unpaired) electrons. The number of Topliss-reactive ketones (excluding diaryl/α,β-unsaturated/α-hetero) is 2. The molecule has 238 valence electrons. The number of aliphatic hydroxyl groups is 2. The van der Waals surface area contributed by atoms with Crippen molar-refractivity contribution >= 4 is 11.6 Å². The molecule has 0 saturated heterocycles. The molecule has 11 N–H and O–H groups in total. The van der Waals surface area contributed by atoms with Crippen LogP contribution in [0.5, 0.6) is 74.7 Å². The number of carbonyl (C=O) groups excluding carboxylic acids is 2. The van der Waals surface area contributed by atoms with Gasteiger partial charge in [0.2, 0.25) is 23.1 Å². The molecule has 0 saturated carbocycles. The highest BCUT2D eigenvalue weighted by atomic mass is 16.5. The first kappa shape index (κ1) is 29.8. The van der Waals surface area contributed by atoms with Crippen LogP contribution in [0.15, 0.2) is 42.5 Å². The van der Waals surface area contributed by atoms with Crippen molar-refractivity contribution in [2.45, 2.75) is 24.4 Å². The van der Waals surface area contributed by atoms with Gasteiger partial charge in [0.05, 0.1) is 0 Å². The van der Waals surface area contributed by atoms with Crippen LogP contribution in [0.1, 0.15) is 44.1 Å². The number of phenols is 9. The maximum absolute atomic E-state index is 13.0. The van der Waals surface area contributed by atoms with Crippen LogP contribution in [0.2, 0.25) is 0 Å². The zero-order valence-electron chi connectivity index (χ0n) is 22.8. The summed E-state index contributed by atoms with van der Waals surface area (Å²) in [6.45, 7) is 0. The summed E-state index contributed by atoms with van der Waals surface area (Å²) in [5.41, 5.74) is -1.56. The van der Waals surface area contributed by atoms with E-state index in [4.69, 9.17) is 14.2 Å². The monoisotopic (exact) mass is 638 g/mol. The number of phenolic OH excluding ortho intramolecular Hbond substituents is 9. The van der Waals surface area contributed by atoms with E-state index < -0.39 is 116 Å². The van der Waals surface area contributed by atoms with Gasteiger partial charge in [0.1, 0.15) is 28.4 Å². The van der Waals surface area contributed by atoms with Gasteiger partial charge in [-0.2, -0.15) is 0 Å². The Labute approximate surface area is 255 Å². The second-order valence-electron chi connectivity index (χ2n) is 10.3. The number of hydrogen-bond acceptors (Lipinski definition) is 16. The Morgan fingerprint density at radius 3 is 1.57 bits per heavy atom. The summed E-state index contributed by atoms with van der Waals surface area (Å²) in [4.78, 5) is 25.8. The number of ether oxygens (including phenoxy) is 3. The fraction of sp³-hybridized carbons (Fsp3) is 0.133. The molecule has 4 aromatic carbocycles. The SMILES string of the molecule is O=C1c2c(O)cc(O)c(O)c2OC(c2ccc(Oc3cc(O)c(O)cc3[C@H]3Oc4c(O)c(O)cc(O)c4C(=O)C3O)c(O)c2)C1O. The second kappa shape index (κ2) is 10.4. The van der Waals surface area contributed by atoms with E-state index in [2.05, 4.69) is 0 Å². The highest BCUT2D eigenvalue weighted by Crippen LogP contribution is 2.52. The van der Waals surface area contributed by atoms with Gasteiger partial charge in [0.25, 0.3) is 0 Å². The fourth-order valence-electron chi connectivity index (χ4n) is 5.19. The maximum Gasteiger partial charge on any atom is 0.203 e. The Bertz CT molecular complexity index is 1970. The van der Waals surface area contributed by atoms with E-state index >= 15 is 0 Å². The van der Waals surface area contributed by atoms with Gasteiger partial charge in [0.15, 0.2) is 70.4 Å². The van der Waals surface area contributed by atoms with Crippen LogP contribution in [0.25, 0.3) is 0 Å². The quantitative estimate of drug-likeness (QED) is 0.113. The van der Waals surface area contributed by atoms with Gasteiger partial charge >= 0.3 is 0 Å². The van der Waals surface area contributed by atoms with Crippen LogP contribution in [-0.2, 0) is 0 Å².